The summed E-state index contributed by atoms with van der Waals surface area (Å²) in [6.45, 7) is 3.70. The third-order valence-electron chi connectivity index (χ3n) is 5.57. The zero-order valence-electron chi connectivity index (χ0n) is 19.7. The van der Waals surface area contributed by atoms with Gasteiger partial charge in [0.25, 0.3) is 5.69 Å². The maximum atomic E-state index is 12.7. The number of hydrogen-bond acceptors (Lipinski definition) is 6. The molecule has 1 N–H and O–H groups in total. The number of non-ortho nitro benzene ring substituents is 1. The maximum absolute atomic E-state index is 12.7. The summed E-state index contributed by atoms with van der Waals surface area (Å²) in [6, 6.07) is 26.1. The summed E-state index contributed by atoms with van der Waals surface area (Å²) < 4.78 is 0. The number of nitrogens with one attached hydrogen (secondary N) is 1. The highest BCUT2D eigenvalue weighted by atomic mass is 32.2. The van der Waals surface area contributed by atoms with Crippen molar-refractivity contribution in [1.82, 2.24) is 4.98 Å². The number of aromatic nitrogens is 1. The molecule has 3 aromatic carbocycles. The van der Waals surface area contributed by atoms with E-state index < -0.39 is 4.92 Å². The fourth-order valence-corrected chi connectivity index (χ4v) is 4.48. The highest BCUT2D eigenvalue weighted by molar-refractivity contribution is 8.00. The fourth-order valence-electron chi connectivity index (χ4n) is 3.67. The van der Waals surface area contributed by atoms with Gasteiger partial charge in [-0.2, -0.15) is 5.26 Å². The minimum atomic E-state index is -0.477. The minimum absolute atomic E-state index is 0.0175. The lowest BCUT2D eigenvalue weighted by molar-refractivity contribution is -0.384. The predicted octanol–water partition coefficient (Wildman–Crippen LogP) is 6.54. The fraction of sp³-hybridized carbons (Fsp3) is 0.107. The van der Waals surface area contributed by atoms with Gasteiger partial charge in [-0.3, -0.25) is 14.9 Å². The SMILES string of the molecule is Cc1ccc(-c2cc(-c3ccccc3)nc(SCC(=O)Nc3ccc([N+](=O)[O-])cc3C)c2C#N)cc1. The summed E-state index contributed by atoms with van der Waals surface area (Å²) in [6.07, 6.45) is 0. The predicted molar refractivity (Wildman–Crippen MR) is 142 cm³/mol. The lowest BCUT2D eigenvalue weighted by Gasteiger charge is -2.13. The maximum Gasteiger partial charge on any atom is 0.269 e. The van der Waals surface area contributed by atoms with Crippen LogP contribution in [-0.2, 0) is 4.79 Å². The Morgan fingerprint density at radius 1 is 1.03 bits per heavy atom. The number of rotatable bonds is 7. The number of pyridine rings is 1. The van der Waals surface area contributed by atoms with Crippen molar-refractivity contribution in [2.24, 2.45) is 0 Å². The molecule has 1 heterocycles. The van der Waals surface area contributed by atoms with Gasteiger partial charge in [-0.05, 0) is 37.1 Å². The lowest BCUT2D eigenvalue weighted by atomic mass is 9.98. The first-order valence-corrected chi connectivity index (χ1v) is 12.1. The number of thioether (sulfide) groups is 1. The van der Waals surface area contributed by atoms with Gasteiger partial charge in [-0.25, -0.2) is 4.98 Å². The van der Waals surface area contributed by atoms with Crippen LogP contribution in [0.2, 0.25) is 0 Å². The van der Waals surface area contributed by atoms with Crippen LogP contribution in [0.1, 0.15) is 16.7 Å². The number of amides is 1. The van der Waals surface area contributed by atoms with E-state index in [0.29, 0.717) is 27.5 Å². The van der Waals surface area contributed by atoms with Crippen LogP contribution in [0, 0.1) is 35.3 Å². The van der Waals surface area contributed by atoms with Crippen LogP contribution in [-0.4, -0.2) is 21.6 Å². The lowest BCUT2D eigenvalue weighted by Crippen LogP contribution is -2.15. The monoisotopic (exact) mass is 494 g/mol. The molecule has 1 amide bonds. The van der Waals surface area contributed by atoms with Crippen molar-refractivity contribution in [1.29, 1.82) is 5.26 Å². The summed E-state index contributed by atoms with van der Waals surface area (Å²) in [7, 11) is 0. The molecule has 4 rings (SSSR count). The van der Waals surface area contributed by atoms with E-state index in [2.05, 4.69) is 11.4 Å². The molecular weight excluding hydrogens is 472 g/mol. The molecule has 0 aliphatic carbocycles. The first kappa shape index (κ1) is 24.6. The number of nitro groups is 1. The standard InChI is InChI=1S/C28H22N4O3S/c1-18-8-10-20(11-9-18)23-15-26(21-6-4-3-5-7-21)31-28(24(23)16-29)36-17-27(33)30-25-13-12-22(32(34)35)14-19(25)2/h3-15H,17H2,1-2H3,(H,30,33). The molecule has 0 atom stereocenters. The molecule has 0 saturated heterocycles. The van der Waals surface area contributed by atoms with Crippen LogP contribution in [0.25, 0.3) is 22.4 Å². The van der Waals surface area contributed by atoms with Crippen molar-refractivity contribution in [2.75, 3.05) is 11.1 Å². The summed E-state index contributed by atoms with van der Waals surface area (Å²) >= 11 is 1.18. The minimum Gasteiger partial charge on any atom is -0.325 e. The van der Waals surface area contributed by atoms with E-state index >= 15 is 0 Å². The van der Waals surface area contributed by atoms with Gasteiger partial charge in [0, 0.05) is 28.9 Å². The van der Waals surface area contributed by atoms with Gasteiger partial charge >= 0.3 is 0 Å². The highest BCUT2D eigenvalue weighted by Crippen LogP contribution is 2.34. The molecule has 36 heavy (non-hydrogen) atoms. The number of nitrogens with zero attached hydrogens (tertiary/aromatic N) is 3. The topological polar surface area (TPSA) is 109 Å². The van der Waals surface area contributed by atoms with Crippen molar-refractivity contribution in [3.63, 3.8) is 0 Å². The molecule has 8 heteroatoms. The van der Waals surface area contributed by atoms with Gasteiger partial charge in [0.15, 0.2) is 0 Å². The number of nitro benzene ring substituents is 1. The summed E-state index contributed by atoms with van der Waals surface area (Å²) in [4.78, 5) is 27.9. The molecule has 7 nitrogen and oxygen atoms in total. The molecule has 0 fully saturated rings. The van der Waals surface area contributed by atoms with Crippen molar-refractivity contribution in [2.45, 2.75) is 18.9 Å². The van der Waals surface area contributed by atoms with E-state index in [1.54, 1.807) is 6.92 Å². The zero-order valence-corrected chi connectivity index (χ0v) is 20.5. The summed E-state index contributed by atoms with van der Waals surface area (Å²) in [5.41, 5.74) is 5.82. The second kappa shape index (κ2) is 10.8. The van der Waals surface area contributed by atoms with Crippen molar-refractivity contribution in [3.8, 4) is 28.5 Å². The van der Waals surface area contributed by atoms with Gasteiger partial charge in [0.1, 0.15) is 11.1 Å². The molecule has 0 aliphatic heterocycles. The Morgan fingerprint density at radius 3 is 2.39 bits per heavy atom. The number of carbonyl (C=O) groups is 1. The van der Waals surface area contributed by atoms with Crippen LogP contribution in [0.15, 0.2) is 83.9 Å². The third-order valence-corrected chi connectivity index (χ3v) is 6.54. The van der Waals surface area contributed by atoms with E-state index in [-0.39, 0.29) is 17.3 Å². The molecule has 0 saturated carbocycles. The number of anilines is 1. The molecule has 0 radical (unpaired) electrons. The van der Waals surface area contributed by atoms with Crippen LogP contribution in [0.3, 0.4) is 0 Å². The van der Waals surface area contributed by atoms with E-state index in [1.807, 2.05) is 67.6 Å². The van der Waals surface area contributed by atoms with Gasteiger partial charge < -0.3 is 5.32 Å². The first-order valence-electron chi connectivity index (χ1n) is 11.1. The molecule has 0 bridgehead atoms. The molecule has 0 unspecified atom stereocenters. The van der Waals surface area contributed by atoms with Gasteiger partial charge in [-0.15, -0.1) is 0 Å². The van der Waals surface area contributed by atoms with Gasteiger partial charge in [-0.1, -0.05) is 71.9 Å². The number of carbonyl (C=O) groups excluding carboxylic acids is 1. The molecule has 0 spiro atoms. The Labute approximate surface area is 213 Å². The third kappa shape index (κ3) is 5.59. The Hall–Kier alpha value is -4.48. The van der Waals surface area contributed by atoms with E-state index in [0.717, 1.165) is 22.3 Å². The highest BCUT2D eigenvalue weighted by Gasteiger charge is 2.18. The number of benzene rings is 3. The Balaban J connectivity index is 1.64. The summed E-state index contributed by atoms with van der Waals surface area (Å²) in [5.74, 6) is -0.284. The molecule has 1 aromatic heterocycles. The van der Waals surface area contributed by atoms with Crippen molar-refractivity contribution >= 4 is 29.0 Å². The second-order valence-corrected chi connectivity index (χ2v) is 9.14. The average Bonchev–Trinajstić information content (AvgIpc) is 2.89. The van der Waals surface area contributed by atoms with Gasteiger partial charge in [0.05, 0.1) is 21.9 Å². The average molecular weight is 495 g/mol. The van der Waals surface area contributed by atoms with Crippen molar-refractivity contribution in [3.05, 3.63) is 106 Å². The van der Waals surface area contributed by atoms with Crippen LogP contribution < -0.4 is 5.32 Å². The number of hydrogen-bond donors (Lipinski definition) is 1. The Morgan fingerprint density at radius 2 is 1.75 bits per heavy atom. The van der Waals surface area contributed by atoms with Crippen LogP contribution >= 0.6 is 11.8 Å². The molecule has 0 aliphatic rings. The number of aryl methyl sites for hydroxylation is 2. The first-order chi connectivity index (χ1) is 17.4. The number of nitriles is 1. The van der Waals surface area contributed by atoms with E-state index in [9.17, 15) is 20.2 Å². The largest absolute Gasteiger partial charge is 0.325 e. The Kier molecular flexibility index (Phi) is 7.42. The Bertz CT molecular complexity index is 1480. The zero-order chi connectivity index (χ0) is 25.7. The van der Waals surface area contributed by atoms with Crippen LogP contribution in [0.4, 0.5) is 11.4 Å². The second-order valence-electron chi connectivity index (χ2n) is 8.17. The van der Waals surface area contributed by atoms with Crippen molar-refractivity contribution < 1.29 is 9.72 Å². The molecular formula is C28H22N4O3S. The summed E-state index contributed by atoms with van der Waals surface area (Å²) in [5, 5.41) is 24.2. The van der Waals surface area contributed by atoms with Crippen LogP contribution in [0.5, 0.6) is 0 Å². The van der Waals surface area contributed by atoms with Gasteiger partial charge in [0.2, 0.25) is 5.91 Å². The quantitative estimate of drug-likeness (QED) is 0.177. The molecule has 4 aromatic rings. The normalized spacial score (nSPS) is 10.5. The van der Waals surface area contributed by atoms with E-state index in [4.69, 9.17) is 4.98 Å². The molecule has 178 valence electrons. The smallest absolute Gasteiger partial charge is 0.269 e. The van der Waals surface area contributed by atoms with E-state index in [1.165, 1.54) is 30.0 Å².